The van der Waals surface area contributed by atoms with Gasteiger partial charge in [-0.05, 0) is 30.5 Å². The minimum atomic E-state index is -0.585. The zero-order valence-electron chi connectivity index (χ0n) is 12.9. The Bertz CT molecular complexity index is 625. The molecule has 0 bridgehead atoms. The lowest BCUT2D eigenvalue weighted by Gasteiger charge is -2.21. The standard InChI is InChI=1S/C16H19N3O4/c1-10(20)17-12-4-2-11(3-5-12)8-19-14(9-23-16(19)22)15(21)18-13-6-7-13/h2-5,13-14H,6-9H2,1H3,(H,17,20)(H,18,21)/t14-/m0/s1. The summed E-state index contributed by atoms with van der Waals surface area (Å²) in [7, 11) is 0. The van der Waals surface area contributed by atoms with Crippen LogP contribution in [0.25, 0.3) is 0 Å². The second-order valence-electron chi connectivity index (χ2n) is 5.88. The third-order valence-electron chi connectivity index (χ3n) is 3.83. The Morgan fingerprint density at radius 2 is 1.96 bits per heavy atom. The molecule has 0 radical (unpaired) electrons. The summed E-state index contributed by atoms with van der Waals surface area (Å²) in [5.74, 6) is -0.300. The smallest absolute Gasteiger partial charge is 0.410 e. The van der Waals surface area contributed by atoms with Gasteiger partial charge in [-0.15, -0.1) is 0 Å². The molecule has 1 atom stereocenters. The molecule has 2 N–H and O–H groups in total. The maximum absolute atomic E-state index is 12.2. The van der Waals surface area contributed by atoms with Gasteiger partial charge < -0.3 is 15.4 Å². The van der Waals surface area contributed by atoms with Gasteiger partial charge in [0, 0.05) is 18.7 Å². The zero-order chi connectivity index (χ0) is 16.4. The van der Waals surface area contributed by atoms with Gasteiger partial charge in [0.15, 0.2) is 0 Å². The van der Waals surface area contributed by atoms with Crippen LogP contribution >= 0.6 is 0 Å². The monoisotopic (exact) mass is 317 g/mol. The third kappa shape index (κ3) is 3.80. The summed E-state index contributed by atoms with van der Waals surface area (Å²) < 4.78 is 5.02. The van der Waals surface area contributed by atoms with E-state index in [1.807, 2.05) is 12.1 Å². The zero-order valence-corrected chi connectivity index (χ0v) is 12.9. The van der Waals surface area contributed by atoms with Crippen molar-refractivity contribution >= 4 is 23.6 Å². The largest absolute Gasteiger partial charge is 0.447 e. The van der Waals surface area contributed by atoms with Crippen LogP contribution in [0.15, 0.2) is 24.3 Å². The lowest BCUT2D eigenvalue weighted by Crippen LogP contribution is -2.46. The maximum atomic E-state index is 12.2. The van der Waals surface area contributed by atoms with Gasteiger partial charge in [0.1, 0.15) is 12.6 Å². The summed E-state index contributed by atoms with van der Waals surface area (Å²) in [6, 6.07) is 6.81. The van der Waals surface area contributed by atoms with Crippen molar-refractivity contribution in [3.63, 3.8) is 0 Å². The van der Waals surface area contributed by atoms with Crippen LogP contribution in [0.3, 0.4) is 0 Å². The number of amides is 3. The lowest BCUT2D eigenvalue weighted by molar-refractivity contribution is -0.125. The fraction of sp³-hybridized carbons (Fsp3) is 0.438. The average Bonchev–Trinajstić information content (AvgIpc) is 3.24. The van der Waals surface area contributed by atoms with Gasteiger partial charge in [-0.3, -0.25) is 14.5 Å². The Morgan fingerprint density at radius 1 is 1.26 bits per heavy atom. The number of hydrogen-bond acceptors (Lipinski definition) is 4. The Kier molecular flexibility index (Phi) is 4.18. The van der Waals surface area contributed by atoms with Crippen molar-refractivity contribution in [1.29, 1.82) is 0 Å². The number of hydrogen-bond donors (Lipinski definition) is 2. The van der Waals surface area contributed by atoms with Gasteiger partial charge in [-0.1, -0.05) is 12.1 Å². The molecule has 0 spiro atoms. The lowest BCUT2D eigenvalue weighted by atomic mass is 10.1. The van der Waals surface area contributed by atoms with Crippen LogP contribution in [0.5, 0.6) is 0 Å². The Hall–Kier alpha value is -2.57. The Labute approximate surface area is 134 Å². The highest BCUT2D eigenvalue weighted by Crippen LogP contribution is 2.22. The molecule has 3 rings (SSSR count). The molecule has 3 amide bonds. The van der Waals surface area contributed by atoms with Crippen LogP contribution in [0, 0.1) is 0 Å². The van der Waals surface area contributed by atoms with Crippen LogP contribution in [-0.2, 0) is 20.9 Å². The second-order valence-corrected chi connectivity index (χ2v) is 5.88. The topological polar surface area (TPSA) is 87.7 Å². The van der Waals surface area contributed by atoms with E-state index in [1.165, 1.54) is 11.8 Å². The van der Waals surface area contributed by atoms with Crippen molar-refractivity contribution in [3.05, 3.63) is 29.8 Å². The number of nitrogens with one attached hydrogen (secondary N) is 2. The molecule has 1 aromatic rings. The Balaban J connectivity index is 1.65. The third-order valence-corrected chi connectivity index (χ3v) is 3.83. The van der Waals surface area contributed by atoms with Gasteiger partial charge >= 0.3 is 6.09 Å². The van der Waals surface area contributed by atoms with Crippen LogP contribution in [0.4, 0.5) is 10.5 Å². The number of anilines is 1. The molecule has 1 aliphatic carbocycles. The molecule has 1 aliphatic heterocycles. The molecule has 23 heavy (non-hydrogen) atoms. The first kappa shape index (κ1) is 15.3. The number of carbonyl (C=O) groups excluding carboxylic acids is 3. The fourth-order valence-electron chi connectivity index (χ4n) is 2.46. The number of carbonyl (C=O) groups is 3. The first-order valence-corrected chi connectivity index (χ1v) is 7.63. The SMILES string of the molecule is CC(=O)Nc1ccc(CN2C(=O)OC[C@H]2C(=O)NC2CC2)cc1. The maximum Gasteiger partial charge on any atom is 0.410 e. The van der Waals surface area contributed by atoms with Gasteiger partial charge in [-0.2, -0.15) is 0 Å². The summed E-state index contributed by atoms with van der Waals surface area (Å²) in [5.41, 5.74) is 1.55. The molecule has 1 saturated carbocycles. The predicted octanol–water partition coefficient (Wildman–Crippen LogP) is 1.24. The van der Waals surface area contributed by atoms with E-state index >= 15 is 0 Å². The van der Waals surface area contributed by atoms with Gasteiger partial charge in [0.25, 0.3) is 0 Å². The van der Waals surface area contributed by atoms with Gasteiger partial charge in [0.05, 0.1) is 6.54 Å². The van der Waals surface area contributed by atoms with E-state index < -0.39 is 12.1 Å². The van der Waals surface area contributed by atoms with E-state index in [0.717, 1.165) is 18.4 Å². The second kappa shape index (κ2) is 6.28. The number of cyclic esters (lactones) is 1. The van der Waals surface area contributed by atoms with E-state index in [2.05, 4.69) is 10.6 Å². The van der Waals surface area contributed by atoms with Crippen LogP contribution in [-0.4, -0.2) is 41.5 Å². The molecular weight excluding hydrogens is 298 g/mol. The minimum absolute atomic E-state index is 0.0847. The number of ether oxygens (including phenoxy) is 1. The normalized spacial score (nSPS) is 20.1. The average molecular weight is 317 g/mol. The van der Waals surface area contributed by atoms with Crippen LogP contribution < -0.4 is 10.6 Å². The quantitative estimate of drug-likeness (QED) is 0.855. The van der Waals surface area contributed by atoms with Gasteiger partial charge in [-0.25, -0.2) is 4.79 Å². The van der Waals surface area contributed by atoms with Crippen molar-refractivity contribution < 1.29 is 19.1 Å². The number of rotatable bonds is 5. The van der Waals surface area contributed by atoms with Crippen molar-refractivity contribution in [2.24, 2.45) is 0 Å². The van der Waals surface area contributed by atoms with Gasteiger partial charge in [0.2, 0.25) is 11.8 Å². The summed E-state index contributed by atoms with van der Waals surface area (Å²) in [6.45, 7) is 1.82. The molecule has 0 aromatic heterocycles. The summed E-state index contributed by atoms with van der Waals surface area (Å²) in [5, 5.41) is 5.58. The molecule has 1 saturated heterocycles. The first-order valence-electron chi connectivity index (χ1n) is 7.63. The molecule has 2 aliphatic rings. The highest BCUT2D eigenvalue weighted by Gasteiger charge is 2.39. The highest BCUT2D eigenvalue weighted by atomic mass is 16.6. The van der Waals surface area contributed by atoms with E-state index in [9.17, 15) is 14.4 Å². The van der Waals surface area contributed by atoms with Crippen LogP contribution in [0.2, 0.25) is 0 Å². The van der Waals surface area contributed by atoms with Crippen molar-refractivity contribution in [1.82, 2.24) is 10.2 Å². The number of benzene rings is 1. The Morgan fingerprint density at radius 3 is 2.57 bits per heavy atom. The molecule has 2 fully saturated rings. The fourth-order valence-corrected chi connectivity index (χ4v) is 2.46. The summed E-state index contributed by atoms with van der Waals surface area (Å²) in [4.78, 5) is 36.5. The molecule has 1 aromatic carbocycles. The predicted molar refractivity (Wildman–Crippen MR) is 82.6 cm³/mol. The van der Waals surface area contributed by atoms with Crippen molar-refractivity contribution in [3.8, 4) is 0 Å². The molecule has 0 unspecified atom stereocenters. The highest BCUT2D eigenvalue weighted by molar-refractivity contribution is 5.89. The summed E-state index contributed by atoms with van der Waals surface area (Å²) >= 11 is 0. The summed E-state index contributed by atoms with van der Waals surface area (Å²) in [6.07, 6.45) is 1.52. The van der Waals surface area contributed by atoms with E-state index in [0.29, 0.717) is 12.2 Å². The van der Waals surface area contributed by atoms with E-state index in [-0.39, 0.29) is 24.5 Å². The van der Waals surface area contributed by atoms with Crippen LogP contribution in [0.1, 0.15) is 25.3 Å². The molecule has 122 valence electrons. The number of nitrogens with zero attached hydrogens (tertiary/aromatic N) is 1. The van der Waals surface area contributed by atoms with E-state index in [4.69, 9.17) is 4.74 Å². The van der Waals surface area contributed by atoms with Crippen molar-refractivity contribution in [2.45, 2.75) is 38.4 Å². The van der Waals surface area contributed by atoms with Crippen molar-refractivity contribution in [2.75, 3.05) is 11.9 Å². The molecule has 7 heteroatoms. The molecular formula is C16H19N3O4. The molecule has 7 nitrogen and oxygen atoms in total. The molecule has 1 heterocycles. The van der Waals surface area contributed by atoms with E-state index in [1.54, 1.807) is 12.1 Å². The minimum Gasteiger partial charge on any atom is -0.447 e. The first-order chi connectivity index (χ1) is 11.0.